The minimum absolute atomic E-state index is 0.00243. The third-order valence-corrected chi connectivity index (χ3v) is 4.32. The van der Waals surface area contributed by atoms with Crippen molar-refractivity contribution in [3.05, 3.63) is 0 Å². The molecule has 1 aliphatic carbocycles. The highest BCUT2D eigenvalue weighted by Gasteiger charge is 2.32. The largest absolute Gasteiger partial charge is 0.481 e. The van der Waals surface area contributed by atoms with Crippen molar-refractivity contribution >= 4 is 12.0 Å². The van der Waals surface area contributed by atoms with E-state index >= 15 is 0 Å². The van der Waals surface area contributed by atoms with Gasteiger partial charge in [-0.3, -0.25) is 4.79 Å². The van der Waals surface area contributed by atoms with E-state index in [4.69, 9.17) is 5.11 Å². The second kappa shape index (κ2) is 8.25. The number of urea groups is 1. The van der Waals surface area contributed by atoms with Crippen LogP contribution < -0.4 is 5.32 Å². The van der Waals surface area contributed by atoms with E-state index in [1.165, 1.54) is 0 Å². The Morgan fingerprint density at radius 1 is 1.24 bits per heavy atom. The number of carbonyl (C=O) groups is 2. The van der Waals surface area contributed by atoms with Gasteiger partial charge in [-0.15, -0.1) is 0 Å². The monoisotopic (exact) mass is 298 g/mol. The van der Waals surface area contributed by atoms with E-state index in [0.29, 0.717) is 18.8 Å². The van der Waals surface area contributed by atoms with E-state index in [2.05, 4.69) is 33.0 Å². The van der Waals surface area contributed by atoms with Gasteiger partial charge in [0.05, 0.1) is 5.92 Å². The summed E-state index contributed by atoms with van der Waals surface area (Å²) >= 11 is 0. The maximum Gasteiger partial charge on any atom is 0.317 e. The van der Waals surface area contributed by atoms with E-state index in [-0.39, 0.29) is 24.0 Å². The molecule has 1 aliphatic rings. The summed E-state index contributed by atoms with van der Waals surface area (Å²) in [5.74, 6) is -0.625. The Labute approximate surface area is 128 Å². The van der Waals surface area contributed by atoms with Gasteiger partial charge in [0.1, 0.15) is 0 Å². The van der Waals surface area contributed by atoms with Gasteiger partial charge in [0.2, 0.25) is 0 Å². The van der Waals surface area contributed by atoms with Gasteiger partial charge in [-0.25, -0.2) is 4.79 Å². The number of hydrogen-bond acceptors (Lipinski definition) is 2. The Bertz CT molecular complexity index is 353. The fourth-order valence-electron chi connectivity index (χ4n) is 3.12. The van der Waals surface area contributed by atoms with E-state index in [9.17, 15) is 9.59 Å². The van der Waals surface area contributed by atoms with Gasteiger partial charge in [0, 0.05) is 18.6 Å². The third kappa shape index (κ3) is 5.21. The molecule has 1 rings (SSSR count). The maximum atomic E-state index is 12.5. The summed E-state index contributed by atoms with van der Waals surface area (Å²) in [7, 11) is 0. The fraction of sp³-hybridized carbons (Fsp3) is 0.875. The molecule has 0 radical (unpaired) electrons. The van der Waals surface area contributed by atoms with Crippen molar-refractivity contribution in [1.29, 1.82) is 0 Å². The number of hydrogen-bond donors (Lipinski definition) is 2. The molecule has 0 aromatic carbocycles. The molecule has 0 saturated heterocycles. The topological polar surface area (TPSA) is 69.6 Å². The smallest absolute Gasteiger partial charge is 0.317 e. The lowest BCUT2D eigenvalue weighted by Crippen LogP contribution is -2.50. The molecule has 0 aromatic heterocycles. The highest BCUT2D eigenvalue weighted by molar-refractivity contribution is 5.75. The highest BCUT2D eigenvalue weighted by atomic mass is 16.4. The Hall–Kier alpha value is -1.26. The normalized spacial score (nSPS) is 21.8. The molecule has 5 nitrogen and oxygen atoms in total. The molecule has 2 N–H and O–H groups in total. The lowest BCUT2D eigenvalue weighted by molar-refractivity contribution is -0.141. The number of carboxylic acid groups (broad SMARTS) is 1. The summed E-state index contributed by atoms with van der Waals surface area (Å²) < 4.78 is 0. The zero-order valence-electron chi connectivity index (χ0n) is 13.8. The van der Waals surface area contributed by atoms with Crippen molar-refractivity contribution in [3.8, 4) is 0 Å². The first-order valence-corrected chi connectivity index (χ1v) is 8.18. The molecule has 0 bridgehead atoms. The van der Waals surface area contributed by atoms with Crippen LogP contribution >= 0.6 is 0 Å². The molecule has 5 heteroatoms. The lowest BCUT2D eigenvalue weighted by Gasteiger charge is -2.33. The Morgan fingerprint density at radius 3 is 2.29 bits per heavy atom. The van der Waals surface area contributed by atoms with Crippen LogP contribution in [0.4, 0.5) is 4.79 Å². The Morgan fingerprint density at radius 2 is 1.86 bits per heavy atom. The Balaban J connectivity index is 2.62. The summed E-state index contributed by atoms with van der Waals surface area (Å²) in [5, 5.41) is 12.1. The first-order chi connectivity index (χ1) is 9.88. The van der Waals surface area contributed by atoms with Crippen molar-refractivity contribution in [2.24, 2.45) is 11.8 Å². The van der Waals surface area contributed by atoms with Gasteiger partial charge in [-0.2, -0.15) is 0 Å². The number of amides is 2. The summed E-state index contributed by atoms with van der Waals surface area (Å²) in [6, 6.07) is 0.222. The third-order valence-electron chi connectivity index (χ3n) is 4.32. The van der Waals surface area contributed by atoms with Gasteiger partial charge >= 0.3 is 12.0 Å². The van der Waals surface area contributed by atoms with Crippen molar-refractivity contribution in [3.63, 3.8) is 0 Å². The number of aliphatic carboxylic acids is 1. The van der Waals surface area contributed by atoms with Crippen LogP contribution in [0, 0.1) is 11.8 Å². The predicted molar refractivity (Wildman–Crippen MR) is 83.2 cm³/mol. The van der Waals surface area contributed by atoms with Gasteiger partial charge in [-0.05, 0) is 38.0 Å². The number of carboxylic acids is 1. The van der Waals surface area contributed by atoms with Gasteiger partial charge < -0.3 is 15.3 Å². The number of rotatable bonds is 7. The van der Waals surface area contributed by atoms with Crippen LogP contribution in [-0.2, 0) is 4.79 Å². The molecule has 0 unspecified atom stereocenters. The van der Waals surface area contributed by atoms with Gasteiger partial charge in [0.15, 0.2) is 0 Å². The molecule has 2 atom stereocenters. The summed E-state index contributed by atoms with van der Waals surface area (Å²) in [6.07, 6.45) is 3.87. The summed E-state index contributed by atoms with van der Waals surface area (Å²) in [5.41, 5.74) is 0. The van der Waals surface area contributed by atoms with E-state index in [1.54, 1.807) is 0 Å². The van der Waals surface area contributed by atoms with E-state index in [1.807, 2.05) is 4.90 Å². The fourth-order valence-corrected chi connectivity index (χ4v) is 3.12. The molecule has 0 heterocycles. The Kier molecular flexibility index (Phi) is 6.99. The molecular weight excluding hydrogens is 268 g/mol. The molecule has 0 spiro atoms. The van der Waals surface area contributed by atoms with E-state index < -0.39 is 5.97 Å². The molecule has 122 valence electrons. The number of carbonyl (C=O) groups excluding carboxylic acids is 1. The summed E-state index contributed by atoms with van der Waals surface area (Å²) in [6.45, 7) is 9.17. The van der Waals surface area contributed by atoms with Crippen molar-refractivity contribution < 1.29 is 14.7 Å². The van der Waals surface area contributed by atoms with Gasteiger partial charge in [0.25, 0.3) is 0 Å². The van der Waals surface area contributed by atoms with Crippen molar-refractivity contribution in [2.75, 3.05) is 6.54 Å². The van der Waals surface area contributed by atoms with Crippen LogP contribution in [0.1, 0.15) is 59.8 Å². The molecule has 21 heavy (non-hydrogen) atoms. The quantitative estimate of drug-likeness (QED) is 0.759. The molecular formula is C16H30N2O3. The summed E-state index contributed by atoms with van der Waals surface area (Å²) in [4.78, 5) is 25.5. The van der Waals surface area contributed by atoms with Crippen LogP contribution in [0.5, 0.6) is 0 Å². The first-order valence-electron chi connectivity index (χ1n) is 8.18. The van der Waals surface area contributed by atoms with Crippen LogP contribution in [-0.4, -0.2) is 40.6 Å². The second-order valence-corrected chi connectivity index (χ2v) is 6.51. The predicted octanol–water partition coefficient (Wildman–Crippen LogP) is 3.10. The maximum absolute atomic E-state index is 12.5. The molecule has 1 saturated carbocycles. The first kappa shape index (κ1) is 17.8. The average molecular weight is 298 g/mol. The van der Waals surface area contributed by atoms with Crippen LogP contribution in [0.25, 0.3) is 0 Å². The average Bonchev–Trinajstić information content (AvgIpc) is 2.87. The zero-order chi connectivity index (χ0) is 16.0. The number of nitrogens with zero attached hydrogens (tertiary/aromatic N) is 1. The molecule has 0 aliphatic heterocycles. The van der Waals surface area contributed by atoms with Crippen molar-refractivity contribution in [2.45, 2.75) is 71.9 Å². The molecule has 1 fully saturated rings. The van der Waals surface area contributed by atoms with Crippen LogP contribution in [0.3, 0.4) is 0 Å². The van der Waals surface area contributed by atoms with Crippen LogP contribution in [0.2, 0.25) is 0 Å². The molecule has 0 aromatic rings. The minimum atomic E-state index is -0.745. The van der Waals surface area contributed by atoms with E-state index in [0.717, 1.165) is 25.8 Å². The van der Waals surface area contributed by atoms with Crippen molar-refractivity contribution in [1.82, 2.24) is 10.2 Å². The zero-order valence-corrected chi connectivity index (χ0v) is 13.8. The van der Waals surface area contributed by atoms with Crippen LogP contribution in [0.15, 0.2) is 0 Å². The molecule has 2 amide bonds. The number of nitrogens with one attached hydrogen (secondary N) is 1. The van der Waals surface area contributed by atoms with Gasteiger partial charge in [-0.1, -0.05) is 27.7 Å². The lowest BCUT2D eigenvalue weighted by atomic mass is 10.1. The standard InChI is InChI=1S/C16H30N2O3/c1-5-14(6-2)18(10-11(3)4)16(21)17-13-8-7-12(9-13)15(19)20/h11-14H,5-10H2,1-4H3,(H,17,21)(H,19,20)/t12-,13+/m1/s1. The SMILES string of the molecule is CCC(CC)N(CC(C)C)C(=O)N[C@H]1CC[C@@H](C(=O)O)C1. The highest BCUT2D eigenvalue weighted by Crippen LogP contribution is 2.26. The minimum Gasteiger partial charge on any atom is -0.481 e. The second-order valence-electron chi connectivity index (χ2n) is 6.51.